The van der Waals surface area contributed by atoms with Crippen LogP contribution in [-0.4, -0.2) is 55.2 Å². The first kappa shape index (κ1) is 20.9. The number of amides is 1. The van der Waals surface area contributed by atoms with Crippen LogP contribution in [0.3, 0.4) is 0 Å². The lowest BCUT2D eigenvalue weighted by atomic mass is 9.95. The number of rotatable bonds is 6. The standard InChI is InChI=1S/C24H25NO6/c1-29-18-11-10-16(13-19(18)30-2)21-20(22(26)15-7-4-3-5-8-15)23(27)24(28)25(21)14-17-9-6-12-31-17/h3-5,7-8,10-11,13,17,21,26H,6,9,12,14H2,1-2H3/t17-,21+/m0/s1. The average molecular weight is 423 g/mol. The fraction of sp³-hybridized carbons (Fsp3) is 0.333. The van der Waals surface area contributed by atoms with Crippen LogP contribution in [0.4, 0.5) is 0 Å². The number of hydrogen-bond donors (Lipinski definition) is 1. The summed E-state index contributed by atoms with van der Waals surface area (Å²) in [4.78, 5) is 27.6. The number of ether oxygens (including phenoxy) is 3. The highest BCUT2D eigenvalue weighted by atomic mass is 16.5. The van der Waals surface area contributed by atoms with Gasteiger partial charge in [-0.2, -0.15) is 0 Å². The van der Waals surface area contributed by atoms with Gasteiger partial charge in [-0.1, -0.05) is 36.4 Å². The van der Waals surface area contributed by atoms with Gasteiger partial charge in [0.1, 0.15) is 5.76 Å². The Balaban J connectivity index is 1.85. The van der Waals surface area contributed by atoms with E-state index in [4.69, 9.17) is 14.2 Å². The van der Waals surface area contributed by atoms with Crippen molar-refractivity contribution < 1.29 is 28.9 Å². The molecule has 162 valence electrons. The van der Waals surface area contributed by atoms with Crippen LogP contribution in [0.25, 0.3) is 5.76 Å². The second-order valence-corrected chi connectivity index (χ2v) is 7.57. The molecular formula is C24H25NO6. The molecule has 0 spiro atoms. The molecule has 4 rings (SSSR count). The highest BCUT2D eigenvalue weighted by Gasteiger charge is 2.47. The van der Waals surface area contributed by atoms with Crippen LogP contribution >= 0.6 is 0 Å². The number of ketones is 1. The number of Topliss-reactive ketones (excluding diaryl/α,β-unsaturated/α-hetero) is 1. The lowest BCUT2D eigenvalue weighted by Gasteiger charge is -2.28. The molecule has 2 aliphatic heterocycles. The van der Waals surface area contributed by atoms with Gasteiger partial charge in [0.2, 0.25) is 0 Å². The second-order valence-electron chi connectivity index (χ2n) is 7.57. The summed E-state index contributed by atoms with van der Waals surface area (Å²) in [5.41, 5.74) is 1.18. The molecule has 0 bridgehead atoms. The molecule has 31 heavy (non-hydrogen) atoms. The number of carbonyl (C=O) groups is 2. The zero-order valence-corrected chi connectivity index (χ0v) is 17.5. The highest BCUT2D eigenvalue weighted by molar-refractivity contribution is 6.46. The lowest BCUT2D eigenvalue weighted by molar-refractivity contribution is -0.140. The molecule has 0 aliphatic carbocycles. The molecule has 7 nitrogen and oxygen atoms in total. The minimum atomic E-state index is -0.760. The van der Waals surface area contributed by atoms with E-state index in [9.17, 15) is 14.7 Å². The van der Waals surface area contributed by atoms with Crippen molar-refractivity contribution >= 4 is 17.4 Å². The minimum Gasteiger partial charge on any atom is -0.507 e. The largest absolute Gasteiger partial charge is 0.507 e. The molecular weight excluding hydrogens is 398 g/mol. The molecule has 0 unspecified atom stereocenters. The zero-order chi connectivity index (χ0) is 22.0. The number of aliphatic hydroxyl groups excluding tert-OH is 1. The lowest BCUT2D eigenvalue weighted by Crippen LogP contribution is -2.36. The Morgan fingerprint density at radius 3 is 2.48 bits per heavy atom. The van der Waals surface area contributed by atoms with Crippen molar-refractivity contribution in [3.05, 3.63) is 65.2 Å². The van der Waals surface area contributed by atoms with Crippen LogP contribution in [0.2, 0.25) is 0 Å². The van der Waals surface area contributed by atoms with Gasteiger partial charge in [-0.25, -0.2) is 0 Å². The van der Waals surface area contributed by atoms with E-state index in [2.05, 4.69) is 0 Å². The van der Waals surface area contributed by atoms with Crippen molar-refractivity contribution in [2.45, 2.75) is 25.0 Å². The van der Waals surface area contributed by atoms with E-state index < -0.39 is 17.7 Å². The van der Waals surface area contributed by atoms with Crippen LogP contribution < -0.4 is 9.47 Å². The van der Waals surface area contributed by atoms with Gasteiger partial charge >= 0.3 is 0 Å². The maximum atomic E-state index is 13.1. The topological polar surface area (TPSA) is 85.3 Å². The average Bonchev–Trinajstić information content (AvgIpc) is 3.41. The van der Waals surface area contributed by atoms with Gasteiger partial charge in [-0.3, -0.25) is 9.59 Å². The predicted molar refractivity (Wildman–Crippen MR) is 114 cm³/mol. The number of hydrogen-bond acceptors (Lipinski definition) is 6. The van der Waals surface area contributed by atoms with Crippen molar-refractivity contribution in [3.63, 3.8) is 0 Å². The SMILES string of the molecule is COc1ccc([C@@H]2C(=C(O)c3ccccc3)C(=O)C(=O)N2C[C@@H]2CCCO2)cc1OC. The van der Waals surface area contributed by atoms with Gasteiger partial charge in [0.15, 0.2) is 11.5 Å². The number of likely N-dealkylation sites (tertiary alicyclic amines) is 1. The van der Waals surface area contributed by atoms with Crippen molar-refractivity contribution in [2.24, 2.45) is 0 Å². The monoisotopic (exact) mass is 423 g/mol. The molecule has 7 heteroatoms. The molecule has 2 saturated heterocycles. The summed E-state index contributed by atoms with van der Waals surface area (Å²) in [5, 5.41) is 11.0. The van der Waals surface area contributed by atoms with E-state index >= 15 is 0 Å². The molecule has 0 radical (unpaired) electrons. The van der Waals surface area contributed by atoms with Crippen LogP contribution in [0.5, 0.6) is 11.5 Å². The first-order chi connectivity index (χ1) is 15.0. The second kappa shape index (κ2) is 8.81. The third kappa shape index (κ3) is 3.88. The quantitative estimate of drug-likeness (QED) is 0.436. The van der Waals surface area contributed by atoms with Crippen LogP contribution in [-0.2, 0) is 14.3 Å². The van der Waals surface area contributed by atoms with Crippen molar-refractivity contribution in [1.29, 1.82) is 0 Å². The Bertz CT molecular complexity index is 1010. The molecule has 0 saturated carbocycles. The normalized spacial score (nSPS) is 22.7. The summed E-state index contributed by atoms with van der Waals surface area (Å²) < 4.78 is 16.5. The molecule has 2 aliphatic rings. The van der Waals surface area contributed by atoms with Crippen molar-refractivity contribution in [2.75, 3.05) is 27.4 Å². The number of methoxy groups -OCH3 is 2. The minimum absolute atomic E-state index is 0.0569. The van der Waals surface area contributed by atoms with Crippen molar-refractivity contribution in [3.8, 4) is 11.5 Å². The van der Waals surface area contributed by atoms with Crippen LogP contribution in [0, 0.1) is 0 Å². The third-order valence-corrected chi connectivity index (χ3v) is 5.73. The summed E-state index contributed by atoms with van der Waals surface area (Å²) in [5.74, 6) is -0.548. The number of nitrogens with zero attached hydrogens (tertiary/aromatic N) is 1. The molecule has 2 atom stereocenters. The first-order valence-electron chi connectivity index (χ1n) is 10.2. The Labute approximate surface area is 180 Å². The molecule has 2 aromatic rings. The van der Waals surface area contributed by atoms with Crippen molar-refractivity contribution in [1.82, 2.24) is 4.90 Å². The molecule has 0 aromatic heterocycles. The first-order valence-corrected chi connectivity index (χ1v) is 10.2. The third-order valence-electron chi connectivity index (χ3n) is 5.73. The van der Waals surface area contributed by atoms with Gasteiger partial charge in [0.05, 0.1) is 31.9 Å². The summed E-state index contributed by atoms with van der Waals surface area (Å²) in [6, 6.07) is 13.2. The van der Waals surface area contributed by atoms with E-state index in [1.807, 2.05) is 6.07 Å². The maximum absolute atomic E-state index is 13.1. The van der Waals surface area contributed by atoms with Gasteiger partial charge in [0.25, 0.3) is 11.7 Å². The van der Waals surface area contributed by atoms with Crippen LogP contribution in [0.15, 0.2) is 54.1 Å². The number of carbonyl (C=O) groups excluding carboxylic acids is 2. The zero-order valence-electron chi connectivity index (χ0n) is 17.5. The van der Waals surface area contributed by atoms with E-state index in [0.29, 0.717) is 29.2 Å². The highest BCUT2D eigenvalue weighted by Crippen LogP contribution is 2.42. The van der Waals surface area contributed by atoms with E-state index in [0.717, 1.165) is 12.8 Å². The van der Waals surface area contributed by atoms with E-state index in [-0.39, 0.29) is 24.0 Å². The summed E-state index contributed by atoms with van der Waals surface area (Å²) in [7, 11) is 3.06. The Kier molecular flexibility index (Phi) is 5.95. The fourth-order valence-electron chi connectivity index (χ4n) is 4.20. The Morgan fingerprint density at radius 2 is 1.84 bits per heavy atom. The number of benzene rings is 2. The predicted octanol–water partition coefficient (Wildman–Crippen LogP) is 3.30. The summed E-state index contributed by atoms with van der Waals surface area (Å²) >= 11 is 0. The molecule has 1 amide bonds. The Hall–Kier alpha value is -3.32. The Morgan fingerprint density at radius 1 is 1.10 bits per heavy atom. The van der Waals surface area contributed by atoms with Gasteiger partial charge in [-0.15, -0.1) is 0 Å². The number of aliphatic hydroxyl groups is 1. The molecule has 2 fully saturated rings. The maximum Gasteiger partial charge on any atom is 0.295 e. The molecule has 1 N–H and O–H groups in total. The molecule has 2 aromatic carbocycles. The molecule has 2 heterocycles. The van der Waals surface area contributed by atoms with Gasteiger partial charge in [-0.05, 0) is 30.5 Å². The summed E-state index contributed by atoms with van der Waals surface area (Å²) in [6.45, 7) is 0.911. The van der Waals surface area contributed by atoms with E-state index in [1.54, 1.807) is 42.5 Å². The van der Waals surface area contributed by atoms with Crippen LogP contribution in [0.1, 0.15) is 30.0 Å². The van der Waals surface area contributed by atoms with E-state index in [1.165, 1.54) is 19.1 Å². The van der Waals surface area contributed by atoms with Gasteiger partial charge in [0, 0.05) is 18.7 Å². The fourth-order valence-corrected chi connectivity index (χ4v) is 4.20. The smallest absolute Gasteiger partial charge is 0.295 e. The van der Waals surface area contributed by atoms with Gasteiger partial charge < -0.3 is 24.2 Å². The summed E-state index contributed by atoms with van der Waals surface area (Å²) in [6.07, 6.45) is 1.59.